The predicted molar refractivity (Wildman–Crippen MR) is 93.5 cm³/mol. The van der Waals surface area contributed by atoms with Gasteiger partial charge >= 0.3 is 0 Å². The molecule has 8 nitrogen and oxygen atoms in total. The van der Waals surface area contributed by atoms with E-state index in [1.54, 1.807) is 16.3 Å². The van der Waals surface area contributed by atoms with Crippen LogP contribution >= 0.6 is 0 Å². The first-order chi connectivity index (χ1) is 11.6. The summed E-state index contributed by atoms with van der Waals surface area (Å²) in [4.78, 5) is 19.7. The molecule has 1 fully saturated rings. The van der Waals surface area contributed by atoms with Crippen LogP contribution in [0, 0.1) is 6.92 Å². The number of hydrogen-bond donors (Lipinski definition) is 1. The lowest BCUT2D eigenvalue weighted by molar-refractivity contribution is 0.0378. The maximum atomic E-state index is 12.7. The van der Waals surface area contributed by atoms with E-state index < -0.39 is 0 Å². The van der Waals surface area contributed by atoms with Crippen LogP contribution in [0.15, 0.2) is 4.79 Å². The van der Waals surface area contributed by atoms with Crippen LogP contribution in [-0.4, -0.2) is 63.6 Å². The number of ether oxygens (including phenoxy) is 1. The summed E-state index contributed by atoms with van der Waals surface area (Å²) in [6.45, 7) is 9.87. The summed E-state index contributed by atoms with van der Waals surface area (Å²) in [7, 11) is 1.79. The predicted octanol–water partition coefficient (Wildman–Crippen LogP) is 0.593. The highest BCUT2D eigenvalue weighted by atomic mass is 16.5. The molecule has 132 valence electrons. The quantitative estimate of drug-likeness (QED) is 0.779. The van der Waals surface area contributed by atoms with Gasteiger partial charge in [0.25, 0.3) is 5.56 Å². The number of anilines is 1. The zero-order valence-corrected chi connectivity index (χ0v) is 14.7. The second-order valence-corrected chi connectivity index (χ2v) is 6.13. The molecule has 0 spiro atoms. The summed E-state index contributed by atoms with van der Waals surface area (Å²) in [5.41, 5.74) is 1.99. The molecule has 0 unspecified atom stereocenters. The molecule has 0 radical (unpaired) electrons. The summed E-state index contributed by atoms with van der Waals surface area (Å²) in [5, 5.41) is 7.65. The first-order valence-electron chi connectivity index (χ1n) is 8.60. The largest absolute Gasteiger partial charge is 0.379 e. The molecule has 3 rings (SSSR count). The lowest BCUT2D eigenvalue weighted by atomic mass is 10.3. The molecule has 8 heteroatoms. The van der Waals surface area contributed by atoms with Crippen molar-refractivity contribution in [2.24, 2.45) is 7.05 Å². The number of hydrogen-bond acceptors (Lipinski definition) is 6. The van der Waals surface area contributed by atoms with Gasteiger partial charge in [-0.3, -0.25) is 18.9 Å². The SMILES string of the molecule is CCn1c(NCCCN2CCOCC2)nc2c(C)nn(C)c2c1=O. The van der Waals surface area contributed by atoms with Gasteiger partial charge in [0.1, 0.15) is 5.52 Å². The van der Waals surface area contributed by atoms with E-state index in [4.69, 9.17) is 4.74 Å². The molecule has 0 atom stereocenters. The number of aromatic nitrogens is 4. The molecule has 1 N–H and O–H groups in total. The Morgan fingerprint density at radius 1 is 1.29 bits per heavy atom. The zero-order chi connectivity index (χ0) is 17.1. The third kappa shape index (κ3) is 3.29. The lowest BCUT2D eigenvalue weighted by Gasteiger charge is -2.26. The standard InChI is InChI=1S/C16H26N6O2/c1-4-22-15(23)14-13(12(2)19-20(14)3)18-16(22)17-6-5-7-21-8-10-24-11-9-21/h4-11H2,1-3H3,(H,17,18). The van der Waals surface area contributed by atoms with Gasteiger partial charge in [-0.05, 0) is 26.8 Å². The van der Waals surface area contributed by atoms with Crippen molar-refractivity contribution < 1.29 is 4.74 Å². The van der Waals surface area contributed by atoms with E-state index in [1.165, 1.54) is 0 Å². The van der Waals surface area contributed by atoms with Crippen LogP contribution < -0.4 is 10.9 Å². The van der Waals surface area contributed by atoms with Gasteiger partial charge in [0.2, 0.25) is 5.95 Å². The van der Waals surface area contributed by atoms with Crippen molar-refractivity contribution >= 4 is 17.0 Å². The van der Waals surface area contributed by atoms with Gasteiger partial charge < -0.3 is 10.1 Å². The molecule has 0 bridgehead atoms. The van der Waals surface area contributed by atoms with Gasteiger partial charge in [-0.25, -0.2) is 4.98 Å². The topological polar surface area (TPSA) is 77.2 Å². The Balaban J connectivity index is 1.71. The molecule has 3 heterocycles. The third-order valence-electron chi connectivity index (χ3n) is 4.47. The Bertz CT molecular complexity index is 760. The van der Waals surface area contributed by atoms with E-state index >= 15 is 0 Å². The molecule has 24 heavy (non-hydrogen) atoms. The van der Waals surface area contributed by atoms with Gasteiger partial charge in [0.05, 0.1) is 18.9 Å². The minimum absolute atomic E-state index is 0.0405. The monoisotopic (exact) mass is 334 g/mol. The van der Waals surface area contributed by atoms with Crippen molar-refractivity contribution in [1.29, 1.82) is 0 Å². The minimum Gasteiger partial charge on any atom is -0.379 e. The molecule has 0 saturated carbocycles. The molecule has 1 saturated heterocycles. The second-order valence-electron chi connectivity index (χ2n) is 6.13. The highest BCUT2D eigenvalue weighted by molar-refractivity contribution is 5.77. The molecular formula is C16H26N6O2. The number of aryl methyl sites for hydroxylation is 2. The fourth-order valence-corrected chi connectivity index (χ4v) is 3.17. The van der Waals surface area contributed by atoms with Crippen LogP contribution in [0.5, 0.6) is 0 Å². The maximum Gasteiger partial charge on any atom is 0.281 e. The van der Waals surface area contributed by atoms with Gasteiger partial charge in [-0.1, -0.05) is 0 Å². The van der Waals surface area contributed by atoms with E-state index in [9.17, 15) is 4.79 Å². The summed E-state index contributed by atoms with van der Waals surface area (Å²) in [6.07, 6.45) is 1.00. The third-order valence-corrected chi connectivity index (χ3v) is 4.47. The molecule has 1 aliphatic rings. The van der Waals surface area contributed by atoms with E-state index in [-0.39, 0.29) is 5.56 Å². The minimum atomic E-state index is -0.0405. The Labute approximate surface area is 141 Å². The lowest BCUT2D eigenvalue weighted by Crippen LogP contribution is -2.37. The normalized spacial score (nSPS) is 16.0. The van der Waals surface area contributed by atoms with Crippen LogP contribution in [0.1, 0.15) is 19.0 Å². The average Bonchev–Trinajstić information content (AvgIpc) is 2.87. The van der Waals surface area contributed by atoms with E-state index in [0.29, 0.717) is 23.5 Å². The molecular weight excluding hydrogens is 308 g/mol. The second kappa shape index (κ2) is 7.31. The van der Waals surface area contributed by atoms with Crippen LogP contribution in [0.4, 0.5) is 5.95 Å². The highest BCUT2D eigenvalue weighted by Crippen LogP contribution is 2.14. The summed E-state index contributed by atoms with van der Waals surface area (Å²) < 4.78 is 8.66. The summed E-state index contributed by atoms with van der Waals surface area (Å²) in [6, 6.07) is 0. The van der Waals surface area contributed by atoms with Crippen LogP contribution in [0.2, 0.25) is 0 Å². The maximum absolute atomic E-state index is 12.7. The fourth-order valence-electron chi connectivity index (χ4n) is 3.17. The number of fused-ring (bicyclic) bond motifs is 1. The molecule has 1 aliphatic heterocycles. The van der Waals surface area contributed by atoms with Crippen LogP contribution in [0.3, 0.4) is 0 Å². The van der Waals surface area contributed by atoms with Crippen molar-refractivity contribution in [3.05, 3.63) is 16.0 Å². The molecule has 0 aliphatic carbocycles. The number of nitrogens with one attached hydrogen (secondary N) is 1. The van der Waals surface area contributed by atoms with Gasteiger partial charge in [0.15, 0.2) is 5.52 Å². The molecule has 2 aromatic heterocycles. The molecule has 2 aromatic rings. The Morgan fingerprint density at radius 3 is 2.75 bits per heavy atom. The highest BCUT2D eigenvalue weighted by Gasteiger charge is 2.16. The van der Waals surface area contributed by atoms with E-state index in [0.717, 1.165) is 51.5 Å². The van der Waals surface area contributed by atoms with Gasteiger partial charge in [0, 0.05) is 33.2 Å². The molecule has 0 aromatic carbocycles. The van der Waals surface area contributed by atoms with Gasteiger partial charge in [-0.15, -0.1) is 0 Å². The summed E-state index contributed by atoms with van der Waals surface area (Å²) >= 11 is 0. The zero-order valence-electron chi connectivity index (χ0n) is 14.7. The Kier molecular flexibility index (Phi) is 5.15. The number of morpholine rings is 1. The number of nitrogens with zero attached hydrogens (tertiary/aromatic N) is 5. The van der Waals surface area contributed by atoms with Crippen molar-refractivity contribution in [2.75, 3.05) is 44.7 Å². The van der Waals surface area contributed by atoms with Crippen LogP contribution in [-0.2, 0) is 18.3 Å². The van der Waals surface area contributed by atoms with Gasteiger partial charge in [-0.2, -0.15) is 5.10 Å². The van der Waals surface area contributed by atoms with E-state index in [2.05, 4.69) is 20.3 Å². The fraction of sp³-hybridized carbons (Fsp3) is 0.688. The van der Waals surface area contributed by atoms with Crippen molar-refractivity contribution in [1.82, 2.24) is 24.2 Å². The average molecular weight is 334 g/mol. The van der Waals surface area contributed by atoms with Crippen LogP contribution in [0.25, 0.3) is 11.0 Å². The first kappa shape index (κ1) is 16.9. The number of rotatable bonds is 6. The van der Waals surface area contributed by atoms with Crippen molar-refractivity contribution in [2.45, 2.75) is 26.8 Å². The van der Waals surface area contributed by atoms with E-state index in [1.807, 2.05) is 13.8 Å². The smallest absolute Gasteiger partial charge is 0.281 e. The Hall–Kier alpha value is -1.93. The van der Waals surface area contributed by atoms with Crippen molar-refractivity contribution in [3.63, 3.8) is 0 Å². The summed E-state index contributed by atoms with van der Waals surface area (Å²) in [5.74, 6) is 0.632. The first-order valence-corrected chi connectivity index (χ1v) is 8.60. The molecule has 0 amide bonds. The van der Waals surface area contributed by atoms with Crippen molar-refractivity contribution in [3.8, 4) is 0 Å². The Morgan fingerprint density at radius 2 is 2.04 bits per heavy atom.